The topological polar surface area (TPSA) is 84.8 Å². The van der Waals surface area contributed by atoms with Gasteiger partial charge in [-0.05, 0) is 12.3 Å². The van der Waals surface area contributed by atoms with Crippen molar-refractivity contribution in [2.75, 3.05) is 27.6 Å². The number of benzene rings is 2. The Kier molecular flexibility index (Phi) is 5.06. The van der Waals surface area contributed by atoms with Gasteiger partial charge in [-0.1, -0.05) is 30.0 Å². The molecule has 1 atom stereocenters. The Bertz CT molecular complexity index is 1110. The summed E-state index contributed by atoms with van der Waals surface area (Å²) < 4.78 is 16.6. The predicted octanol–water partition coefficient (Wildman–Crippen LogP) is 1.22. The molecule has 9 heteroatoms. The third-order valence-electron chi connectivity index (χ3n) is 4.72. The minimum atomic E-state index is -0.649. The Morgan fingerprint density at radius 3 is 2.38 bits per heavy atom. The monoisotopic (exact) mass is 412 g/mol. The first-order valence-electron chi connectivity index (χ1n) is 8.81. The highest BCUT2D eigenvalue weighted by molar-refractivity contribution is 8.13. The Labute approximate surface area is 171 Å². The molecule has 2 heterocycles. The van der Waals surface area contributed by atoms with E-state index >= 15 is 0 Å². The number of amidine groups is 1. The summed E-state index contributed by atoms with van der Waals surface area (Å²) in [7, 11) is 4.71. The molecule has 2 aliphatic heterocycles. The van der Waals surface area contributed by atoms with Crippen LogP contribution in [-0.4, -0.2) is 43.7 Å². The fourth-order valence-electron chi connectivity index (χ4n) is 3.39. The Morgan fingerprint density at radius 1 is 1.07 bits per heavy atom. The van der Waals surface area contributed by atoms with Crippen LogP contribution in [0.5, 0.6) is 17.2 Å². The van der Waals surface area contributed by atoms with E-state index in [2.05, 4.69) is 10.4 Å². The molecule has 0 fully saturated rings. The zero-order chi connectivity index (χ0) is 20.5. The second-order valence-corrected chi connectivity index (χ2v) is 7.02. The molecule has 0 radical (unpaired) electrons. The molecular formula is C20H20N4O4S. The van der Waals surface area contributed by atoms with Crippen LogP contribution in [0.2, 0.25) is 0 Å². The van der Waals surface area contributed by atoms with E-state index in [-0.39, 0.29) is 5.91 Å². The molecule has 4 rings (SSSR count). The number of para-hydroxylation sites is 1. The van der Waals surface area contributed by atoms with Gasteiger partial charge in [0, 0.05) is 17.4 Å². The van der Waals surface area contributed by atoms with Crippen molar-refractivity contribution in [3.63, 3.8) is 0 Å². The quantitative estimate of drug-likeness (QED) is 0.813. The average molecular weight is 412 g/mol. The minimum Gasteiger partial charge on any atom is -0.496 e. The Balaban J connectivity index is 2.03. The smallest absolute Gasteiger partial charge is 0.276 e. The minimum absolute atomic E-state index is 0.233. The molecule has 0 spiro atoms. The number of fused-ring (bicyclic) bond motifs is 2. The van der Waals surface area contributed by atoms with Crippen LogP contribution in [0.3, 0.4) is 0 Å². The lowest BCUT2D eigenvalue weighted by Crippen LogP contribution is -2.50. The zero-order valence-electron chi connectivity index (χ0n) is 16.4. The molecule has 0 saturated carbocycles. The molecule has 0 saturated heterocycles. The highest BCUT2D eigenvalue weighted by atomic mass is 32.2. The second kappa shape index (κ2) is 7.67. The summed E-state index contributed by atoms with van der Waals surface area (Å²) in [6.45, 7) is 0. The van der Waals surface area contributed by atoms with Crippen LogP contribution in [0.1, 0.15) is 11.7 Å². The number of carbonyl (C=O) groups is 1. The third-order valence-corrected chi connectivity index (χ3v) is 5.29. The fourth-order valence-corrected chi connectivity index (χ4v) is 3.76. The van der Waals surface area contributed by atoms with E-state index < -0.39 is 6.17 Å². The van der Waals surface area contributed by atoms with Crippen LogP contribution in [0.25, 0.3) is 5.70 Å². The summed E-state index contributed by atoms with van der Waals surface area (Å²) in [5, 5.41) is 11.0. The maximum Gasteiger partial charge on any atom is 0.276 e. The third kappa shape index (κ3) is 3.17. The Morgan fingerprint density at radius 2 is 1.76 bits per heavy atom. The summed E-state index contributed by atoms with van der Waals surface area (Å²) in [4.78, 5) is 17.8. The average Bonchev–Trinajstić information content (AvgIpc) is 2.77. The van der Waals surface area contributed by atoms with Crippen molar-refractivity contribution in [2.45, 2.75) is 6.17 Å². The van der Waals surface area contributed by atoms with Crippen molar-refractivity contribution in [3.8, 4) is 17.2 Å². The van der Waals surface area contributed by atoms with E-state index in [0.29, 0.717) is 39.0 Å². The molecule has 1 amide bonds. The van der Waals surface area contributed by atoms with Crippen molar-refractivity contribution in [2.24, 2.45) is 10.1 Å². The number of hydrazone groups is 1. The van der Waals surface area contributed by atoms with Crippen molar-refractivity contribution in [3.05, 3.63) is 52.5 Å². The second-order valence-electron chi connectivity index (χ2n) is 6.22. The van der Waals surface area contributed by atoms with Crippen LogP contribution in [0, 0.1) is 0 Å². The maximum absolute atomic E-state index is 12.9. The standard InChI is InChI=1S/C20H20N4O4S/c1-26-11-9-14(27-2)16(15(10-11)28-3)18-21-13-8-6-5-7-12(13)17-19(25)22-20(29-4)23-24(17)18/h5-10,18H,1-4H3,(H,22,23,25)/t18-/m0/s1. The van der Waals surface area contributed by atoms with Gasteiger partial charge in [-0.2, -0.15) is 0 Å². The van der Waals surface area contributed by atoms with Gasteiger partial charge in [0.15, 0.2) is 11.3 Å². The normalized spacial score (nSPS) is 17.4. The van der Waals surface area contributed by atoms with E-state index in [1.807, 2.05) is 30.5 Å². The molecule has 2 aromatic rings. The van der Waals surface area contributed by atoms with Crippen LogP contribution >= 0.6 is 11.8 Å². The fraction of sp³-hybridized carbons (Fsp3) is 0.250. The molecule has 0 aliphatic carbocycles. The number of methoxy groups -OCH3 is 3. The van der Waals surface area contributed by atoms with E-state index in [1.54, 1.807) is 38.5 Å². The van der Waals surface area contributed by atoms with Crippen LogP contribution in [-0.2, 0) is 4.79 Å². The molecule has 29 heavy (non-hydrogen) atoms. The molecule has 2 aromatic carbocycles. The zero-order valence-corrected chi connectivity index (χ0v) is 17.2. The number of amides is 1. The maximum atomic E-state index is 12.9. The molecule has 150 valence electrons. The first kappa shape index (κ1) is 19.1. The first-order chi connectivity index (χ1) is 14.1. The van der Waals surface area contributed by atoms with Crippen LogP contribution < -0.4 is 30.1 Å². The van der Waals surface area contributed by atoms with E-state index in [1.165, 1.54) is 11.8 Å². The van der Waals surface area contributed by atoms with Gasteiger partial charge in [0.1, 0.15) is 22.9 Å². The molecule has 2 aliphatic rings. The molecule has 0 aromatic heterocycles. The SMILES string of the molecule is COc1cc(OC)c([C@H]2N=c3ccccc3=C3C(=O)NC(SC)=NN32)c(OC)c1. The first-order valence-corrected chi connectivity index (χ1v) is 10.0. The predicted molar refractivity (Wildman–Crippen MR) is 110 cm³/mol. The lowest BCUT2D eigenvalue weighted by atomic mass is 10.1. The van der Waals surface area contributed by atoms with Crippen molar-refractivity contribution < 1.29 is 19.0 Å². The van der Waals surface area contributed by atoms with Gasteiger partial charge in [-0.15, -0.1) is 5.10 Å². The number of hydrogen-bond acceptors (Lipinski definition) is 8. The Hall–Kier alpha value is -3.20. The largest absolute Gasteiger partial charge is 0.496 e. The number of carbonyl (C=O) groups excluding carboxylic acids is 1. The molecule has 0 bridgehead atoms. The van der Waals surface area contributed by atoms with E-state index in [9.17, 15) is 4.79 Å². The lowest BCUT2D eigenvalue weighted by molar-refractivity contribution is -0.116. The summed E-state index contributed by atoms with van der Waals surface area (Å²) >= 11 is 1.35. The van der Waals surface area contributed by atoms with E-state index in [0.717, 1.165) is 5.22 Å². The van der Waals surface area contributed by atoms with E-state index in [4.69, 9.17) is 19.2 Å². The van der Waals surface area contributed by atoms with Gasteiger partial charge in [0.25, 0.3) is 5.91 Å². The van der Waals surface area contributed by atoms with Crippen LogP contribution in [0.4, 0.5) is 0 Å². The van der Waals surface area contributed by atoms with Gasteiger partial charge in [0.05, 0.1) is 32.3 Å². The van der Waals surface area contributed by atoms with Crippen molar-refractivity contribution in [1.82, 2.24) is 10.3 Å². The lowest BCUT2D eigenvalue weighted by Gasteiger charge is -2.34. The molecule has 0 unspecified atom stereocenters. The number of nitrogens with one attached hydrogen (secondary N) is 1. The highest BCUT2D eigenvalue weighted by Gasteiger charge is 2.37. The van der Waals surface area contributed by atoms with Crippen molar-refractivity contribution >= 4 is 28.5 Å². The van der Waals surface area contributed by atoms with Gasteiger partial charge in [-0.25, -0.2) is 5.01 Å². The summed E-state index contributed by atoms with van der Waals surface area (Å²) in [5.41, 5.74) is 1.08. The number of hydrogen-bond donors (Lipinski definition) is 1. The molecule has 1 N–H and O–H groups in total. The van der Waals surface area contributed by atoms with Gasteiger partial charge in [0.2, 0.25) is 0 Å². The molecular weight excluding hydrogens is 392 g/mol. The number of rotatable bonds is 4. The summed E-state index contributed by atoms with van der Waals surface area (Å²) in [5.74, 6) is 1.41. The van der Waals surface area contributed by atoms with Gasteiger partial charge >= 0.3 is 0 Å². The van der Waals surface area contributed by atoms with Gasteiger partial charge in [-0.3, -0.25) is 15.1 Å². The van der Waals surface area contributed by atoms with Gasteiger partial charge < -0.3 is 14.2 Å². The number of ether oxygens (including phenoxy) is 3. The van der Waals surface area contributed by atoms with Crippen molar-refractivity contribution in [1.29, 1.82) is 0 Å². The highest BCUT2D eigenvalue weighted by Crippen LogP contribution is 2.43. The summed E-state index contributed by atoms with van der Waals surface area (Å²) in [6, 6.07) is 11.0. The summed E-state index contributed by atoms with van der Waals surface area (Å²) in [6.07, 6.45) is 1.20. The number of thioether (sulfide) groups is 1. The van der Waals surface area contributed by atoms with Crippen LogP contribution in [0.15, 0.2) is 46.5 Å². The molecule has 8 nitrogen and oxygen atoms in total. The number of nitrogens with zero attached hydrogens (tertiary/aromatic N) is 3.